The fraction of sp³-hybridized carbons (Fsp3) is 0.312. The summed E-state index contributed by atoms with van der Waals surface area (Å²) in [7, 11) is 0. The predicted molar refractivity (Wildman–Crippen MR) is 88.2 cm³/mol. The topological polar surface area (TPSA) is 41.1 Å². The van der Waals surface area contributed by atoms with Crippen molar-refractivity contribution in [2.45, 2.75) is 25.8 Å². The largest absolute Gasteiger partial charge is 0.323 e. The van der Waals surface area contributed by atoms with Gasteiger partial charge in [0, 0.05) is 11.4 Å². The fourth-order valence-electron chi connectivity index (χ4n) is 2.56. The lowest BCUT2D eigenvalue weighted by Crippen LogP contribution is -2.25. The highest BCUT2D eigenvalue weighted by atomic mass is 35.5. The number of thiophene rings is 1. The van der Waals surface area contributed by atoms with Crippen LogP contribution >= 0.6 is 22.9 Å². The second kappa shape index (κ2) is 6.36. The highest BCUT2D eigenvalue weighted by molar-refractivity contribution is 7.16. The maximum atomic E-state index is 14.5. The molecule has 22 heavy (non-hydrogen) atoms. The number of rotatable bonds is 3. The Balaban J connectivity index is 1.79. The van der Waals surface area contributed by atoms with Gasteiger partial charge in [-0.3, -0.25) is 4.79 Å². The Morgan fingerprint density at radius 1 is 1.41 bits per heavy atom. The molecule has 3 nitrogen and oxygen atoms in total. The number of halogens is 2. The van der Waals surface area contributed by atoms with Gasteiger partial charge in [-0.2, -0.15) is 0 Å². The molecule has 0 saturated heterocycles. The van der Waals surface area contributed by atoms with Gasteiger partial charge in [-0.15, -0.1) is 11.3 Å². The van der Waals surface area contributed by atoms with E-state index >= 15 is 0 Å². The Hall–Kier alpha value is -1.43. The Kier molecular flexibility index (Phi) is 4.47. The van der Waals surface area contributed by atoms with Crippen LogP contribution in [0.15, 0.2) is 24.3 Å². The molecule has 0 bridgehead atoms. The minimum absolute atomic E-state index is 0.230. The summed E-state index contributed by atoms with van der Waals surface area (Å²) >= 11 is 7.26. The van der Waals surface area contributed by atoms with Crippen LogP contribution in [0.1, 0.15) is 28.8 Å². The number of fused-ring (bicyclic) bond motifs is 1. The molecule has 1 atom stereocenters. The van der Waals surface area contributed by atoms with Crippen molar-refractivity contribution in [3.8, 4) is 0 Å². The van der Waals surface area contributed by atoms with Gasteiger partial charge in [-0.05, 0) is 49.2 Å². The van der Waals surface area contributed by atoms with Crippen LogP contribution in [0.4, 0.5) is 10.1 Å². The van der Waals surface area contributed by atoms with Gasteiger partial charge in [0.1, 0.15) is 5.82 Å². The van der Waals surface area contributed by atoms with Crippen LogP contribution in [-0.4, -0.2) is 12.5 Å². The molecule has 116 valence electrons. The van der Waals surface area contributed by atoms with Crippen molar-refractivity contribution >= 4 is 34.5 Å². The molecule has 1 amide bonds. The lowest BCUT2D eigenvalue weighted by molar-refractivity contribution is -0.117. The third kappa shape index (κ3) is 3.02. The zero-order chi connectivity index (χ0) is 15.7. The van der Waals surface area contributed by atoms with Gasteiger partial charge < -0.3 is 10.6 Å². The van der Waals surface area contributed by atoms with Crippen LogP contribution in [0.3, 0.4) is 0 Å². The van der Waals surface area contributed by atoms with Gasteiger partial charge in [-0.25, -0.2) is 4.39 Å². The number of benzene rings is 1. The molecule has 1 aromatic heterocycles. The standard InChI is InChI=1S/C16H16ClFN2OS/c1-9(13-4-5-14(17)22-13)16(21)20-12-3-2-10-8-19-7-6-11(10)15(12)18/h2-5,9,19H,6-8H2,1H3,(H,20,21). The van der Waals surface area contributed by atoms with Crippen LogP contribution < -0.4 is 10.6 Å². The van der Waals surface area contributed by atoms with E-state index in [4.69, 9.17) is 11.6 Å². The minimum atomic E-state index is -0.366. The molecule has 0 spiro atoms. The first-order chi connectivity index (χ1) is 10.6. The van der Waals surface area contributed by atoms with Crippen LogP contribution in [0.5, 0.6) is 0 Å². The minimum Gasteiger partial charge on any atom is -0.323 e. The number of anilines is 1. The molecule has 3 rings (SSSR count). The second-order valence-electron chi connectivity index (χ2n) is 5.34. The van der Waals surface area contributed by atoms with Gasteiger partial charge in [-0.1, -0.05) is 17.7 Å². The number of carbonyl (C=O) groups excluding carboxylic acids is 1. The second-order valence-corrected chi connectivity index (χ2v) is 7.09. The van der Waals surface area contributed by atoms with E-state index in [2.05, 4.69) is 10.6 Å². The number of hydrogen-bond acceptors (Lipinski definition) is 3. The zero-order valence-electron chi connectivity index (χ0n) is 12.1. The Morgan fingerprint density at radius 2 is 2.23 bits per heavy atom. The van der Waals surface area contributed by atoms with E-state index in [-0.39, 0.29) is 23.3 Å². The lowest BCUT2D eigenvalue weighted by Gasteiger charge is -2.20. The maximum Gasteiger partial charge on any atom is 0.232 e. The Morgan fingerprint density at radius 3 is 2.95 bits per heavy atom. The van der Waals surface area contributed by atoms with Crippen LogP contribution in [0, 0.1) is 5.82 Å². The van der Waals surface area contributed by atoms with Crippen molar-refractivity contribution < 1.29 is 9.18 Å². The summed E-state index contributed by atoms with van der Waals surface area (Å²) in [6, 6.07) is 7.09. The van der Waals surface area contributed by atoms with Gasteiger partial charge in [0.15, 0.2) is 0 Å². The van der Waals surface area contributed by atoms with Crippen LogP contribution in [0.2, 0.25) is 4.34 Å². The molecule has 1 aliphatic heterocycles. The summed E-state index contributed by atoms with van der Waals surface area (Å²) in [4.78, 5) is 13.2. The number of nitrogens with one attached hydrogen (secondary N) is 2. The van der Waals surface area contributed by atoms with Crippen molar-refractivity contribution in [2.24, 2.45) is 0 Å². The third-order valence-electron chi connectivity index (χ3n) is 3.88. The van der Waals surface area contributed by atoms with Crippen molar-refractivity contribution in [1.29, 1.82) is 0 Å². The lowest BCUT2D eigenvalue weighted by atomic mass is 9.99. The first-order valence-electron chi connectivity index (χ1n) is 7.13. The van der Waals surface area contributed by atoms with Crippen LogP contribution in [0.25, 0.3) is 0 Å². The SMILES string of the molecule is CC(C(=O)Nc1ccc2c(c1F)CCNC2)c1ccc(Cl)s1. The fourth-order valence-corrected chi connectivity index (χ4v) is 3.67. The molecule has 2 heterocycles. The molecule has 2 N–H and O–H groups in total. The third-order valence-corrected chi connectivity index (χ3v) is 5.29. The molecule has 0 radical (unpaired) electrons. The molecular formula is C16H16ClFN2OS. The number of carbonyl (C=O) groups is 1. The summed E-state index contributed by atoms with van der Waals surface area (Å²) in [6.45, 7) is 3.22. The summed E-state index contributed by atoms with van der Waals surface area (Å²) in [5.74, 6) is -0.912. The van der Waals surface area contributed by atoms with Crippen molar-refractivity contribution in [3.05, 3.63) is 50.4 Å². The van der Waals surface area contributed by atoms with Gasteiger partial charge in [0.2, 0.25) is 5.91 Å². The highest BCUT2D eigenvalue weighted by Gasteiger charge is 2.21. The summed E-state index contributed by atoms with van der Waals surface area (Å²) in [5, 5.41) is 5.90. The molecule has 1 aliphatic rings. The first-order valence-corrected chi connectivity index (χ1v) is 8.33. The molecule has 1 unspecified atom stereocenters. The van der Waals surface area contributed by atoms with Crippen molar-refractivity contribution in [2.75, 3.05) is 11.9 Å². The molecule has 0 fully saturated rings. The number of amides is 1. The molecule has 1 aromatic carbocycles. The average molecular weight is 339 g/mol. The van der Waals surface area contributed by atoms with E-state index in [9.17, 15) is 9.18 Å². The Labute approximate surface area is 137 Å². The van der Waals surface area contributed by atoms with Crippen molar-refractivity contribution in [3.63, 3.8) is 0 Å². The molecule has 0 saturated carbocycles. The van der Waals surface area contributed by atoms with E-state index in [1.54, 1.807) is 19.1 Å². The van der Waals surface area contributed by atoms with Gasteiger partial charge >= 0.3 is 0 Å². The summed E-state index contributed by atoms with van der Waals surface area (Å²) < 4.78 is 15.2. The van der Waals surface area contributed by atoms with Gasteiger partial charge in [0.05, 0.1) is 15.9 Å². The normalized spacial score (nSPS) is 15.2. The monoisotopic (exact) mass is 338 g/mol. The predicted octanol–water partition coefficient (Wildman–Crippen LogP) is 3.93. The van der Waals surface area contributed by atoms with E-state index < -0.39 is 0 Å². The molecule has 2 aromatic rings. The zero-order valence-corrected chi connectivity index (χ0v) is 13.7. The summed E-state index contributed by atoms with van der Waals surface area (Å²) in [5.41, 5.74) is 1.91. The molecule has 0 aliphatic carbocycles. The average Bonchev–Trinajstić information content (AvgIpc) is 2.96. The number of hydrogen-bond donors (Lipinski definition) is 2. The first kappa shape index (κ1) is 15.5. The smallest absolute Gasteiger partial charge is 0.232 e. The van der Waals surface area contributed by atoms with Gasteiger partial charge in [0.25, 0.3) is 0 Å². The van der Waals surface area contributed by atoms with E-state index in [1.165, 1.54) is 11.3 Å². The van der Waals surface area contributed by atoms with E-state index in [1.807, 2.05) is 12.1 Å². The molecule has 6 heteroatoms. The van der Waals surface area contributed by atoms with E-state index in [0.29, 0.717) is 22.9 Å². The Bertz CT molecular complexity index is 716. The molecular weight excluding hydrogens is 323 g/mol. The van der Waals surface area contributed by atoms with Crippen molar-refractivity contribution in [1.82, 2.24) is 5.32 Å². The summed E-state index contributed by atoms with van der Waals surface area (Å²) in [6.07, 6.45) is 0.640. The quantitative estimate of drug-likeness (QED) is 0.890. The maximum absolute atomic E-state index is 14.5. The highest BCUT2D eigenvalue weighted by Crippen LogP contribution is 2.30. The van der Waals surface area contributed by atoms with E-state index in [0.717, 1.165) is 17.0 Å². The van der Waals surface area contributed by atoms with Crippen LogP contribution in [-0.2, 0) is 17.8 Å².